The van der Waals surface area contributed by atoms with Crippen LogP contribution in [0.3, 0.4) is 0 Å². The van der Waals surface area contributed by atoms with E-state index >= 15 is 0 Å². The third kappa shape index (κ3) is 4.66. The first-order valence-electron chi connectivity index (χ1n) is 14.0. The Balaban J connectivity index is 0.00000158. The number of hydrogen-bond acceptors (Lipinski definition) is 5. The number of fused-ring (bicyclic) bond motifs is 3. The number of piperazine rings is 1. The lowest BCUT2D eigenvalue weighted by molar-refractivity contribution is -0.148. The summed E-state index contributed by atoms with van der Waals surface area (Å²) < 4.78 is 0. The van der Waals surface area contributed by atoms with Crippen molar-refractivity contribution in [2.45, 2.75) is 70.5 Å². The molecule has 1 saturated heterocycles. The molecule has 0 saturated carbocycles. The van der Waals surface area contributed by atoms with E-state index in [1.54, 1.807) is 11.1 Å². The zero-order chi connectivity index (χ0) is 28.7. The van der Waals surface area contributed by atoms with Crippen LogP contribution < -0.4 is 16.0 Å². The average molecular weight is 540 g/mol. The van der Waals surface area contributed by atoms with Gasteiger partial charge in [-0.15, -0.1) is 0 Å². The van der Waals surface area contributed by atoms with Crippen molar-refractivity contribution in [2.75, 3.05) is 17.2 Å². The van der Waals surface area contributed by atoms with Crippen LogP contribution in [0.2, 0.25) is 0 Å². The van der Waals surface area contributed by atoms with Gasteiger partial charge in [0.1, 0.15) is 12.4 Å². The molecule has 6 rings (SSSR count). The highest BCUT2D eigenvalue weighted by atomic mass is 16.2. The highest BCUT2D eigenvalue weighted by molar-refractivity contribution is 6.06. The number of amides is 3. The summed E-state index contributed by atoms with van der Waals surface area (Å²) in [6, 6.07) is 19.1. The first-order valence-corrected chi connectivity index (χ1v) is 14.0. The summed E-state index contributed by atoms with van der Waals surface area (Å²) >= 11 is 0. The number of benzene rings is 2. The van der Waals surface area contributed by atoms with E-state index in [-0.39, 0.29) is 36.3 Å². The quantitative estimate of drug-likeness (QED) is 0.457. The van der Waals surface area contributed by atoms with Gasteiger partial charge in [-0.2, -0.15) is 0 Å². The van der Waals surface area contributed by atoms with Gasteiger partial charge in [0.2, 0.25) is 17.7 Å². The third-order valence-corrected chi connectivity index (χ3v) is 8.11. The average Bonchev–Trinajstić information content (AvgIpc) is 3.45. The molecular formula is C32H37N5O3. The predicted molar refractivity (Wildman–Crippen MR) is 156 cm³/mol. The molecule has 3 aromatic rings. The molecule has 40 heavy (non-hydrogen) atoms. The number of carbonyl (C=O) groups is 3. The zero-order valence-electron chi connectivity index (χ0n) is 23.7. The summed E-state index contributed by atoms with van der Waals surface area (Å²) in [5.74, 6) is 0.221. The minimum absolute atomic E-state index is 0.0334. The van der Waals surface area contributed by atoms with Crippen molar-refractivity contribution in [2.24, 2.45) is 0 Å². The van der Waals surface area contributed by atoms with Crippen LogP contribution in [0, 0.1) is 0 Å². The van der Waals surface area contributed by atoms with E-state index in [2.05, 4.69) is 20.9 Å². The highest BCUT2D eigenvalue weighted by Gasteiger charge is 2.51. The van der Waals surface area contributed by atoms with Crippen LogP contribution in [-0.2, 0) is 32.6 Å². The summed E-state index contributed by atoms with van der Waals surface area (Å²) in [6.07, 6.45) is 2.83. The van der Waals surface area contributed by atoms with Gasteiger partial charge in [0.05, 0.1) is 17.0 Å². The number of nitrogens with one attached hydrogen (secondary N) is 3. The van der Waals surface area contributed by atoms with Crippen molar-refractivity contribution in [3.8, 4) is 0 Å². The van der Waals surface area contributed by atoms with E-state index < -0.39 is 11.0 Å². The Labute approximate surface area is 235 Å². The van der Waals surface area contributed by atoms with Crippen LogP contribution >= 0.6 is 0 Å². The van der Waals surface area contributed by atoms with Crippen LogP contribution in [0.15, 0.2) is 66.9 Å². The molecule has 8 heteroatoms. The second-order valence-corrected chi connectivity index (χ2v) is 11.2. The lowest BCUT2D eigenvalue weighted by atomic mass is 9.79. The first kappa shape index (κ1) is 27.5. The summed E-state index contributed by atoms with van der Waals surface area (Å²) in [6.45, 7) is 9.68. The molecule has 3 unspecified atom stereocenters. The fourth-order valence-electron chi connectivity index (χ4n) is 6.45. The molecule has 2 aromatic carbocycles. The van der Waals surface area contributed by atoms with Gasteiger partial charge in [-0.3, -0.25) is 19.7 Å². The fraction of sp³-hybridized carbons (Fsp3) is 0.375. The van der Waals surface area contributed by atoms with E-state index in [9.17, 15) is 14.4 Å². The van der Waals surface area contributed by atoms with Crippen LogP contribution in [0.4, 0.5) is 11.5 Å². The van der Waals surface area contributed by atoms with Gasteiger partial charge in [0, 0.05) is 23.5 Å². The Morgan fingerprint density at radius 1 is 1.02 bits per heavy atom. The number of rotatable bonds is 4. The minimum Gasteiger partial charge on any atom is -0.325 e. The van der Waals surface area contributed by atoms with Crippen LogP contribution in [0.5, 0.6) is 0 Å². The van der Waals surface area contributed by atoms with Crippen molar-refractivity contribution in [3.05, 3.63) is 89.1 Å². The van der Waals surface area contributed by atoms with Crippen LogP contribution in [0.1, 0.15) is 62.9 Å². The maximum Gasteiger partial charge on any atom is 0.244 e. The van der Waals surface area contributed by atoms with Gasteiger partial charge in [-0.1, -0.05) is 56.3 Å². The second kappa shape index (κ2) is 10.5. The zero-order valence-corrected chi connectivity index (χ0v) is 23.7. The van der Waals surface area contributed by atoms with E-state index in [0.717, 1.165) is 22.3 Å². The molecule has 3 aliphatic rings. The monoisotopic (exact) mass is 539 g/mol. The lowest BCUT2D eigenvalue weighted by Crippen LogP contribution is -2.66. The van der Waals surface area contributed by atoms with Gasteiger partial charge in [-0.25, -0.2) is 4.98 Å². The second-order valence-electron chi connectivity index (χ2n) is 11.2. The number of anilines is 2. The van der Waals surface area contributed by atoms with Crippen LogP contribution in [0.25, 0.3) is 0 Å². The molecule has 1 fully saturated rings. The molecule has 2 aliphatic heterocycles. The normalized spacial score (nSPS) is 24.1. The van der Waals surface area contributed by atoms with Crippen molar-refractivity contribution < 1.29 is 14.4 Å². The van der Waals surface area contributed by atoms with Gasteiger partial charge in [-0.05, 0) is 68.5 Å². The first-order chi connectivity index (χ1) is 19.2. The summed E-state index contributed by atoms with van der Waals surface area (Å²) in [5, 5.41) is 9.33. The Morgan fingerprint density at radius 3 is 2.50 bits per heavy atom. The van der Waals surface area contributed by atoms with Crippen molar-refractivity contribution in [3.63, 3.8) is 0 Å². The summed E-state index contributed by atoms with van der Waals surface area (Å²) in [4.78, 5) is 45.7. The molecule has 3 amide bonds. The van der Waals surface area contributed by atoms with Gasteiger partial charge in [0.25, 0.3) is 0 Å². The van der Waals surface area contributed by atoms with E-state index in [1.165, 1.54) is 0 Å². The van der Waals surface area contributed by atoms with E-state index in [1.807, 2.05) is 95.3 Å². The SMILES string of the molecule is CC.CC1NC(C)(C)C(=O)N(CC(=O)Nc2ccc3c(c2)CC2(C3)C(=O)Nc3ncccc32)C1c1ccccc1. The number of carbonyl (C=O) groups excluding carboxylic acids is 3. The number of nitrogens with zero attached hydrogens (tertiary/aromatic N) is 2. The molecule has 3 atom stereocenters. The topological polar surface area (TPSA) is 103 Å². The van der Waals surface area contributed by atoms with Crippen molar-refractivity contribution >= 4 is 29.2 Å². The molecule has 3 heterocycles. The van der Waals surface area contributed by atoms with Gasteiger partial charge in [0.15, 0.2) is 0 Å². The van der Waals surface area contributed by atoms with Gasteiger partial charge >= 0.3 is 0 Å². The molecule has 8 nitrogen and oxygen atoms in total. The molecule has 1 spiro atoms. The molecule has 0 radical (unpaired) electrons. The number of hydrogen-bond donors (Lipinski definition) is 3. The molecular weight excluding hydrogens is 502 g/mol. The number of pyridine rings is 1. The van der Waals surface area contributed by atoms with Crippen LogP contribution in [-0.4, -0.2) is 45.7 Å². The predicted octanol–water partition coefficient (Wildman–Crippen LogP) is 4.38. The fourth-order valence-corrected chi connectivity index (χ4v) is 6.45. The third-order valence-electron chi connectivity index (χ3n) is 8.11. The molecule has 208 valence electrons. The van der Waals surface area contributed by atoms with E-state index in [4.69, 9.17) is 0 Å². The summed E-state index contributed by atoms with van der Waals surface area (Å²) in [7, 11) is 0. The molecule has 0 bridgehead atoms. The Morgan fingerprint density at radius 2 is 1.75 bits per heavy atom. The number of aromatic nitrogens is 1. The summed E-state index contributed by atoms with van der Waals surface area (Å²) in [5.41, 5.74) is 3.24. The molecule has 3 N–H and O–H groups in total. The maximum atomic E-state index is 13.4. The minimum atomic E-state index is -0.778. The standard InChI is InChI=1S/C30H31N5O3.C2H6/c1-18-25(19-8-5-4-6-9-19)35(28(38)29(2,3)34-18)17-24(36)32-22-12-11-20-15-30(16-21(20)14-22)23-10-7-13-31-26(23)33-27(30)37;1-2/h4-14,18,25,34H,15-17H2,1-3H3,(H,32,36)(H,31,33,37);1-2H3. The lowest BCUT2D eigenvalue weighted by Gasteiger charge is -2.47. The molecule has 1 aliphatic carbocycles. The van der Waals surface area contributed by atoms with Gasteiger partial charge < -0.3 is 15.5 Å². The highest BCUT2D eigenvalue weighted by Crippen LogP contribution is 2.47. The Hall–Kier alpha value is -4.04. The van der Waals surface area contributed by atoms with Crippen molar-refractivity contribution in [1.29, 1.82) is 0 Å². The van der Waals surface area contributed by atoms with E-state index in [0.29, 0.717) is 24.3 Å². The maximum absolute atomic E-state index is 13.4. The Bertz CT molecular complexity index is 1450. The Kier molecular flexibility index (Phi) is 7.23. The smallest absolute Gasteiger partial charge is 0.244 e. The largest absolute Gasteiger partial charge is 0.325 e. The van der Waals surface area contributed by atoms with Crippen molar-refractivity contribution in [1.82, 2.24) is 15.2 Å². The molecule has 1 aromatic heterocycles.